The molecule has 4 rings (SSSR count). The Morgan fingerprint density at radius 2 is 1.37 bits per heavy atom. The first-order valence-corrected chi connectivity index (χ1v) is 16.0. The smallest absolute Gasteiger partial charge is 0.264 e. The highest BCUT2D eigenvalue weighted by molar-refractivity contribution is 7.92. The SMILES string of the molecule is CCNC(=O)C(Cc1ccccc1)N(Cc1ccc(Cl)cc1)C(=O)CN(c1ccc(Cl)cc1)S(=O)(=O)c1ccc(C)cc1. The number of anilines is 1. The van der Waals surface area contributed by atoms with Gasteiger partial charge in [0, 0.05) is 29.6 Å². The van der Waals surface area contributed by atoms with E-state index in [0.29, 0.717) is 16.6 Å². The molecule has 0 fully saturated rings. The van der Waals surface area contributed by atoms with Gasteiger partial charge in [0.05, 0.1) is 10.6 Å². The maximum atomic E-state index is 14.3. The molecule has 0 aliphatic carbocycles. The number of nitrogens with one attached hydrogen (secondary N) is 1. The molecule has 43 heavy (non-hydrogen) atoms. The minimum atomic E-state index is -4.18. The molecule has 1 atom stereocenters. The number of aryl methyl sites for hydroxylation is 1. The van der Waals surface area contributed by atoms with E-state index < -0.39 is 28.5 Å². The first-order chi connectivity index (χ1) is 20.6. The Labute approximate surface area is 263 Å². The first kappa shape index (κ1) is 32.1. The Bertz CT molecular complexity index is 1630. The van der Waals surface area contributed by atoms with Crippen LogP contribution in [0.25, 0.3) is 0 Å². The number of halogens is 2. The second kappa shape index (κ2) is 14.6. The monoisotopic (exact) mass is 637 g/mol. The van der Waals surface area contributed by atoms with E-state index in [-0.39, 0.29) is 29.5 Å². The van der Waals surface area contributed by atoms with Crippen LogP contribution < -0.4 is 9.62 Å². The summed E-state index contributed by atoms with van der Waals surface area (Å²) in [6, 6.07) is 28.1. The molecule has 10 heteroatoms. The van der Waals surface area contributed by atoms with Crippen molar-refractivity contribution in [3.8, 4) is 0 Å². The average Bonchev–Trinajstić information content (AvgIpc) is 3.00. The van der Waals surface area contributed by atoms with E-state index in [1.165, 1.54) is 17.0 Å². The lowest BCUT2D eigenvalue weighted by atomic mass is 10.0. The molecule has 7 nitrogen and oxygen atoms in total. The third kappa shape index (κ3) is 8.38. The summed E-state index contributed by atoms with van der Waals surface area (Å²) in [7, 11) is -4.18. The Balaban J connectivity index is 1.78. The zero-order valence-corrected chi connectivity index (χ0v) is 26.2. The molecule has 1 unspecified atom stereocenters. The van der Waals surface area contributed by atoms with Crippen LogP contribution in [-0.2, 0) is 32.6 Å². The lowest BCUT2D eigenvalue weighted by molar-refractivity contribution is -0.140. The number of carbonyl (C=O) groups is 2. The van der Waals surface area contributed by atoms with E-state index in [1.807, 2.05) is 37.3 Å². The number of likely N-dealkylation sites (N-methyl/N-ethyl adjacent to an activating group) is 1. The number of nitrogens with zero attached hydrogens (tertiary/aromatic N) is 2. The second-order valence-electron chi connectivity index (χ2n) is 10.0. The molecule has 0 heterocycles. The minimum absolute atomic E-state index is 0.0367. The highest BCUT2D eigenvalue weighted by atomic mass is 35.5. The topological polar surface area (TPSA) is 86.8 Å². The fourth-order valence-electron chi connectivity index (χ4n) is 4.61. The molecule has 1 N–H and O–H groups in total. The van der Waals surface area contributed by atoms with Crippen molar-refractivity contribution in [1.29, 1.82) is 0 Å². The van der Waals surface area contributed by atoms with Gasteiger partial charge in [0.15, 0.2) is 0 Å². The molecule has 4 aromatic carbocycles. The minimum Gasteiger partial charge on any atom is -0.355 e. The van der Waals surface area contributed by atoms with Crippen molar-refractivity contribution in [2.75, 3.05) is 17.4 Å². The van der Waals surface area contributed by atoms with Crippen LogP contribution in [-0.4, -0.2) is 44.3 Å². The molecule has 0 saturated carbocycles. The molecule has 0 bridgehead atoms. The summed E-state index contributed by atoms with van der Waals surface area (Å²) < 4.78 is 29.1. The van der Waals surface area contributed by atoms with Crippen molar-refractivity contribution in [2.45, 2.75) is 37.8 Å². The van der Waals surface area contributed by atoms with Gasteiger partial charge < -0.3 is 10.2 Å². The molecule has 4 aromatic rings. The largest absolute Gasteiger partial charge is 0.355 e. The van der Waals surface area contributed by atoms with Crippen LogP contribution in [0.15, 0.2) is 108 Å². The van der Waals surface area contributed by atoms with Crippen LogP contribution in [0, 0.1) is 6.92 Å². The van der Waals surface area contributed by atoms with Gasteiger partial charge in [-0.05, 0) is 73.5 Å². The summed E-state index contributed by atoms with van der Waals surface area (Å²) in [5.41, 5.74) is 2.75. The van der Waals surface area contributed by atoms with Crippen LogP contribution in [0.1, 0.15) is 23.6 Å². The number of hydrogen-bond donors (Lipinski definition) is 1. The lowest BCUT2D eigenvalue weighted by Crippen LogP contribution is -2.53. The Morgan fingerprint density at radius 3 is 1.95 bits per heavy atom. The van der Waals surface area contributed by atoms with E-state index in [0.717, 1.165) is 21.0 Å². The Hall–Kier alpha value is -3.85. The molecule has 0 aliphatic rings. The highest BCUT2D eigenvalue weighted by Gasteiger charge is 2.34. The summed E-state index contributed by atoms with van der Waals surface area (Å²) in [4.78, 5) is 29.3. The maximum absolute atomic E-state index is 14.3. The van der Waals surface area contributed by atoms with Crippen molar-refractivity contribution in [3.05, 3.63) is 130 Å². The molecule has 0 aliphatic heterocycles. The zero-order chi connectivity index (χ0) is 31.0. The fraction of sp³-hybridized carbons (Fsp3) is 0.212. The van der Waals surface area contributed by atoms with Gasteiger partial charge in [0.2, 0.25) is 11.8 Å². The zero-order valence-electron chi connectivity index (χ0n) is 23.9. The van der Waals surface area contributed by atoms with Crippen molar-refractivity contribution in [1.82, 2.24) is 10.2 Å². The molecular formula is C33H33Cl2N3O4S. The van der Waals surface area contributed by atoms with Crippen molar-refractivity contribution < 1.29 is 18.0 Å². The molecule has 0 spiro atoms. The first-order valence-electron chi connectivity index (χ1n) is 13.8. The number of rotatable bonds is 12. The van der Waals surface area contributed by atoms with Gasteiger partial charge in [-0.25, -0.2) is 8.42 Å². The number of sulfonamides is 1. The van der Waals surface area contributed by atoms with Crippen molar-refractivity contribution in [3.63, 3.8) is 0 Å². The number of amides is 2. The standard InChI is InChI=1S/C33H33Cl2N3O4S/c1-3-36-33(40)31(21-25-7-5-4-6-8-25)37(22-26-11-13-27(34)14-12-26)32(39)23-38(29-17-15-28(35)16-18-29)43(41,42)30-19-9-24(2)10-20-30/h4-20,31H,3,21-23H2,1-2H3,(H,36,40). The van der Waals surface area contributed by atoms with Gasteiger partial charge >= 0.3 is 0 Å². The Morgan fingerprint density at radius 1 is 0.791 bits per heavy atom. The molecule has 2 amide bonds. The molecular weight excluding hydrogens is 605 g/mol. The van der Waals surface area contributed by atoms with Crippen LogP contribution in [0.4, 0.5) is 5.69 Å². The van der Waals surface area contributed by atoms with Crippen LogP contribution >= 0.6 is 23.2 Å². The van der Waals surface area contributed by atoms with Gasteiger partial charge in [-0.2, -0.15) is 0 Å². The predicted molar refractivity (Wildman–Crippen MR) is 172 cm³/mol. The Kier molecular flexibility index (Phi) is 10.9. The summed E-state index contributed by atoms with van der Waals surface area (Å²) in [6.07, 6.45) is 0.234. The molecule has 224 valence electrons. The molecule has 0 radical (unpaired) electrons. The summed E-state index contributed by atoms with van der Waals surface area (Å²) >= 11 is 12.2. The maximum Gasteiger partial charge on any atom is 0.264 e. The lowest BCUT2D eigenvalue weighted by Gasteiger charge is -2.33. The van der Waals surface area contributed by atoms with E-state index in [4.69, 9.17) is 23.2 Å². The highest BCUT2D eigenvalue weighted by Crippen LogP contribution is 2.27. The van der Waals surface area contributed by atoms with E-state index in [9.17, 15) is 18.0 Å². The summed E-state index contributed by atoms with van der Waals surface area (Å²) in [5, 5.41) is 3.80. The average molecular weight is 639 g/mol. The third-order valence-electron chi connectivity index (χ3n) is 6.89. The van der Waals surface area contributed by atoms with Crippen LogP contribution in [0.2, 0.25) is 10.0 Å². The van der Waals surface area contributed by atoms with Gasteiger partial charge in [-0.1, -0.05) is 83.4 Å². The van der Waals surface area contributed by atoms with Crippen molar-refractivity contribution in [2.24, 2.45) is 0 Å². The van der Waals surface area contributed by atoms with E-state index in [1.54, 1.807) is 67.6 Å². The van der Waals surface area contributed by atoms with Gasteiger partial charge in [0.25, 0.3) is 10.0 Å². The summed E-state index contributed by atoms with van der Waals surface area (Å²) in [6.45, 7) is 3.55. The third-order valence-corrected chi connectivity index (χ3v) is 9.18. The van der Waals surface area contributed by atoms with Gasteiger partial charge in [-0.15, -0.1) is 0 Å². The second-order valence-corrected chi connectivity index (χ2v) is 12.8. The fourth-order valence-corrected chi connectivity index (χ4v) is 6.27. The quantitative estimate of drug-likeness (QED) is 0.198. The summed E-state index contributed by atoms with van der Waals surface area (Å²) in [5.74, 6) is -0.888. The van der Waals surface area contributed by atoms with Crippen LogP contribution in [0.5, 0.6) is 0 Å². The van der Waals surface area contributed by atoms with Gasteiger partial charge in [0.1, 0.15) is 12.6 Å². The van der Waals surface area contributed by atoms with E-state index in [2.05, 4.69) is 5.32 Å². The molecule has 0 saturated heterocycles. The normalized spacial score (nSPS) is 11.9. The predicted octanol–water partition coefficient (Wildman–Crippen LogP) is 6.27. The number of carbonyl (C=O) groups excluding carboxylic acids is 2. The molecule has 0 aromatic heterocycles. The number of hydrogen-bond acceptors (Lipinski definition) is 4. The van der Waals surface area contributed by atoms with E-state index >= 15 is 0 Å². The van der Waals surface area contributed by atoms with Gasteiger partial charge in [-0.3, -0.25) is 13.9 Å². The van der Waals surface area contributed by atoms with Crippen molar-refractivity contribution >= 4 is 50.7 Å². The number of benzene rings is 4. The van der Waals surface area contributed by atoms with Crippen LogP contribution in [0.3, 0.4) is 0 Å².